The number of aromatic amines is 1. The molecule has 0 aliphatic carbocycles. The summed E-state index contributed by atoms with van der Waals surface area (Å²) in [6.07, 6.45) is 0.784. The number of alkyl halides is 2. The quantitative estimate of drug-likeness (QED) is 0.669. The molecule has 2 aromatic rings. The first-order valence-corrected chi connectivity index (χ1v) is 8.95. The van der Waals surface area contributed by atoms with Crippen LogP contribution in [0.5, 0.6) is 5.75 Å². The van der Waals surface area contributed by atoms with E-state index in [2.05, 4.69) is 14.9 Å². The van der Waals surface area contributed by atoms with Gasteiger partial charge in [0, 0.05) is 20.1 Å². The van der Waals surface area contributed by atoms with E-state index in [1.165, 1.54) is 33.4 Å². The van der Waals surface area contributed by atoms with Crippen LogP contribution in [0.25, 0.3) is 0 Å². The number of halogens is 2. The molecule has 0 unspecified atom stereocenters. The summed E-state index contributed by atoms with van der Waals surface area (Å²) < 4.78 is 30.1. The van der Waals surface area contributed by atoms with E-state index < -0.39 is 6.61 Å². The molecule has 26 heavy (non-hydrogen) atoms. The second-order valence-electron chi connectivity index (χ2n) is 5.52. The molecule has 0 spiro atoms. The lowest BCUT2D eigenvalue weighted by Gasteiger charge is -2.17. The molecule has 0 bridgehead atoms. The summed E-state index contributed by atoms with van der Waals surface area (Å²) in [5.41, 5.74) is 0.497. The van der Waals surface area contributed by atoms with Gasteiger partial charge in [0.1, 0.15) is 5.75 Å². The second kappa shape index (κ2) is 9.37. The first-order chi connectivity index (χ1) is 12.4. The zero-order chi connectivity index (χ0) is 19.1. The Balaban J connectivity index is 1.88. The summed E-state index contributed by atoms with van der Waals surface area (Å²) in [4.78, 5) is 25.4. The number of carbonyl (C=O) groups is 1. The fraction of sp³-hybridized carbons (Fsp3) is 0.438. The summed E-state index contributed by atoms with van der Waals surface area (Å²) in [7, 11) is 1.65. The molecule has 1 aromatic heterocycles. The van der Waals surface area contributed by atoms with Gasteiger partial charge < -0.3 is 9.64 Å². The van der Waals surface area contributed by atoms with Crippen LogP contribution in [0.15, 0.2) is 34.2 Å². The van der Waals surface area contributed by atoms with Crippen LogP contribution in [0.3, 0.4) is 0 Å². The molecule has 10 heteroatoms. The Labute approximate surface area is 153 Å². The van der Waals surface area contributed by atoms with E-state index in [1.807, 2.05) is 6.92 Å². The molecule has 0 aliphatic rings. The van der Waals surface area contributed by atoms with Gasteiger partial charge in [-0.2, -0.15) is 8.78 Å². The number of ether oxygens (including phenoxy) is 1. The molecule has 0 aliphatic heterocycles. The summed E-state index contributed by atoms with van der Waals surface area (Å²) in [6.45, 7) is -0.0511. The Kier molecular flexibility index (Phi) is 7.19. The van der Waals surface area contributed by atoms with E-state index in [0.717, 1.165) is 12.0 Å². The predicted molar refractivity (Wildman–Crippen MR) is 93.4 cm³/mol. The van der Waals surface area contributed by atoms with Gasteiger partial charge >= 0.3 is 12.3 Å². The molecule has 7 nitrogen and oxygen atoms in total. The normalized spacial score (nSPS) is 11.0. The lowest BCUT2D eigenvalue weighted by Crippen LogP contribution is -2.28. The molecule has 0 fully saturated rings. The lowest BCUT2D eigenvalue weighted by atomic mass is 10.2. The molecular formula is C16H20F2N4O3S. The molecule has 1 aromatic carbocycles. The average molecular weight is 386 g/mol. The van der Waals surface area contributed by atoms with Crippen molar-refractivity contribution in [3.8, 4) is 5.75 Å². The van der Waals surface area contributed by atoms with Crippen molar-refractivity contribution < 1.29 is 18.3 Å². The topological polar surface area (TPSA) is 80.2 Å². The Morgan fingerprint density at radius 1 is 1.38 bits per heavy atom. The van der Waals surface area contributed by atoms with Gasteiger partial charge in [0.25, 0.3) is 0 Å². The minimum Gasteiger partial charge on any atom is -0.435 e. The number of aromatic nitrogens is 3. The van der Waals surface area contributed by atoms with Crippen LogP contribution >= 0.6 is 11.8 Å². The second-order valence-corrected chi connectivity index (χ2v) is 6.47. The highest BCUT2D eigenvalue weighted by atomic mass is 32.2. The molecule has 1 amide bonds. The monoisotopic (exact) mass is 386 g/mol. The molecule has 0 saturated carbocycles. The highest BCUT2D eigenvalue weighted by molar-refractivity contribution is 7.99. The molecule has 1 heterocycles. The molecular weight excluding hydrogens is 366 g/mol. The molecule has 142 valence electrons. The Morgan fingerprint density at radius 2 is 2.08 bits per heavy atom. The minimum absolute atomic E-state index is 0.0701. The maximum Gasteiger partial charge on any atom is 0.387 e. The molecule has 0 saturated heterocycles. The highest BCUT2D eigenvalue weighted by Gasteiger charge is 2.14. The molecule has 2 rings (SSSR count). The van der Waals surface area contributed by atoms with Crippen LogP contribution in [0.2, 0.25) is 0 Å². The van der Waals surface area contributed by atoms with Crippen LogP contribution in [0.1, 0.15) is 18.9 Å². The third kappa shape index (κ3) is 5.58. The van der Waals surface area contributed by atoms with E-state index >= 15 is 0 Å². The number of rotatable bonds is 9. The van der Waals surface area contributed by atoms with Gasteiger partial charge in [-0.25, -0.2) is 9.89 Å². The minimum atomic E-state index is -2.87. The third-order valence-electron chi connectivity index (χ3n) is 3.49. The zero-order valence-electron chi connectivity index (χ0n) is 14.4. The number of H-pyrrole nitrogens is 1. The number of nitrogens with zero attached hydrogens (tertiary/aromatic N) is 3. The van der Waals surface area contributed by atoms with E-state index in [-0.39, 0.29) is 23.1 Å². The largest absolute Gasteiger partial charge is 0.435 e. The van der Waals surface area contributed by atoms with Crippen molar-refractivity contribution in [3.05, 3.63) is 40.3 Å². The number of carbonyl (C=O) groups excluding carboxylic acids is 1. The van der Waals surface area contributed by atoms with Crippen LogP contribution in [0, 0.1) is 0 Å². The highest BCUT2D eigenvalue weighted by Crippen LogP contribution is 2.17. The van der Waals surface area contributed by atoms with Gasteiger partial charge in [0.15, 0.2) is 5.16 Å². The summed E-state index contributed by atoms with van der Waals surface area (Å²) in [6, 6.07) is 6.12. The number of nitrogens with one attached hydrogen (secondary N) is 1. The fourth-order valence-electron chi connectivity index (χ4n) is 2.21. The predicted octanol–water partition coefficient (Wildman–Crippen LogP) is 2.33. The van der Waals surface area contributed by atoms with Crippen LogP contribution in [0.4, 0.5) is 8.78 Å². The molecule has 1 N–H and O–H groups in total. The Morgan fingerprint density at radius 3 is 2.69 bits per heavy atom. The third-order valence-corrected chi connectivity index (χ3v) is 4.45. The maximum atomic E-state index is 12.3. The van der Waals surface area contributed by atoms with Crippen molar-refractivity contribution in [1.29, 1.82) is 0 Å². The molecule has 0 atom stereocenters. The van der Waals surface area contributed by atoms with Crippen molar-refractivity contribution in [2.24, 2.45) is 0 Å². The molecule has 0 radical (unpaired) electrons. The van der Waals surface area contributed by atoms with Crippen molar-refractivity contribution in [2.75, 3.05) is 12.8 Å². The van der Waals surface area contributed by atoms with Gasteiger partial charge in [-0.15, -0.1) is 5.10 Å². The number of amides is 1. The summed E-state index contributed by atoms with van der Waals surface area (Å²) in [5, 5.41) is 6.78. The van der Waals surface area contributed by atoms with Gasteiger partial charge in [-0.3, -0.25) is 9.36 Å². The number of benzene rings is 1. The maximum absolute atomic E-state index is 12.3. The zero-order valence-corrected chi connectivity index (χ0v) is 15.3. The Hall–Kier alpha value is -2.36. The van der Waals surface area contributed by atoms with Crippen molar-refractivity contribution >= 4 is 17.7 Å². The van der Waals surface area contributed by atoms with E-state index in [1.54, 1.807) is 19.2 Å². The Bertz CT molecular complexity index is 777. The first kappa shape index (κ1) is 20.0. The van der Waals surface area contributed by atoms with Crippen LogP contribution in [-0.2, 0) is 17.9 Å². The first-order valence-electron chi connectivity index (χ1n) is 7.96. The number of hydrogen-bond donors (Lipinski definition) is 1. The summed E-state index contributed by atoms with van der Waals surface area (Å²) >= 11 is 1.19. The smallest absolute Gasteiger partial charge is 0.387 e. The lowest BCUT2D eigenvalue weighted by molar-refractivity contribution is -0.127. The SMILES string of the molecule is CCCn1c(SCC(=O)N(C)Cc2ccc(OC(F)F)cc2)n[nH]c1=O. The van der Waals surface area contributed by atoms with E-state index in [0.29, 0.717) is 18.2 Å². The van der Waals surface area contributed by atoms with Crippen LogP contribution in [-0.4, -0.2) is 45.0 Å². The number of hydrogen-bond acceptors (Lipinski definition) is 5. The van der Waals surface area contributed by atoms with Crippen LogP contribution < -0.4 is 10.4 Å². The van der Waals surface area contributed by atoms with E-state index in [9.17, 15) is 18.4 Å². The fourth-order valence-corrected chi connectivity index (χ4v) is 3.12. The van der Waals surface area contributed by atoms with Crippen molar-refractivity contribution in [3.63, 3.8) is 0 Å². The average Bonchev–Trinajstić information content (AvgIpc) is 2.94. The number of thioether (sulfide) groups is 1. The van der Waals surface area contributed by atoms with Gasteiger partial charge in [-0.05, 0) is 24.1 Å². The van der Waals surface area contributed by atoms with Gasteiger partial charge in [0.05, 0.1) is 5.75 Å². The van der Waals surface area contributed by atoms with Crippen molar-refractivity contribution in [1.82, 2.24) is 19.7 Å². The van der Waals surface area contributed by atoms with Gasteiger partial charge in [-0.1, -0.05) is 30.8 Å². The van der Waals surface area contributed by atoms with Gasteiger partial charge in [0.2, 0.25) is 5.91 Å². The van der Waals surface area contributed by atoms with Crippen molar-refractivity contribution in [2.45, 2.75) is 38.2 Å². The summed E-state index contributed by atoms with van der Waals surface area (Å²) in [5.74, 6) is 0.0685. The standard InChI is InChI=1S/C16H20F2N4O3S/c1-3-8-22-15(24)19-20-16(22)26-10-13(23)21(2)9-11-4-6-12(7-5-11)25-14(17)18/h4-7,14H,3,8-10H2,1-2H3,(H,19,24). The van der Waals surface area contributed by atoms with E-state index in [4.69, 9.17) is 0 Å².